The molecule has 1 atom stereocenters. The Labute approximate surface area is 134 Å². The Hall–Kier alpha value is -2.49. The molecular weight excluding hydrogens is 324 g/mol. The number of ether oxygens (including phenoxy) is 1. The lowest BCUT2D eigenvalue weighted by atomic mass is 10.2. The van der Waals surface area contributed by atoms with E-state index in [-0.39, 0.29) is 5.69 Å². The number of carbonyl (C=O) groups is 2. The second-order valence-corrected chi connectivity index (χ2v) is 6.47. The van der Waals surface area contributed by atoms with Gasteiger partial charge >= 0.3 is 6.03 Å². The van der Waals surface area contributed by atoms with Gasteiger partial charge in [0.05, 0.1) is 19.1 Å². The summed E-state index contributed by atoms with van der Waals surface area (Å²) in [7, 11) is -0.672. The summed E-state index contributed by atoms with van der Waals surface area (Å²) in [5, 5.41) is 7.28. The number of imide groups is 1. The molecule has 0 spiro atoms. The summed E-state index contributed by atoms with van der Waals surface area (Å²) >= 11 is 0. The average molecular weight is 344 g/mol. The molecule has 23 heavy (non-hydrogen) atoms. The fraction of sp³-hybridized carbons (Fsp3) is 0.385. The summed E-state index contributed by atoms with van der Waals surface area (Å²) < 4.78 is 30.1. The number of sulfonamides is 1. The average Bonchev–Trinajstić information content (AvgIpc) is 2.45. The number of amides is 3. The number of methoxy groups -OCH3 is 1. The molecule has 0 aliphatic carbocycles. The van der Waals surface area contributed by atoms with E-state index in [1.165, 1.54) is 20.2 Å². The van der Waals surface area contributed by atoms with Crippen molar-refractivity contribution in [2.75, 3.05) is 30.5 Å². The maximum absolute atomic E-state index is 11.8. The van der Waals surface area contributed by atoms with Crippen molar-refractivity contribution < 1.29 is 22.7 Å². The van der Waals surface area contributed by atoms with Crippen LogP contribution in [0.15, 0.2) is 18.2 Å². The molecule has 1 aromatic rings. The molecule has 0 fully saturated rings. The molecule has 4 N–H and O–H groups in total. The van der Waals surface area contributed by atoms with Crippen LogP contribution in [0.2, 0.25) is 0 Å². The minimum Gasteiger partial charge on any atom is -0.495 e. The van der Waals surface area contributed by atoms with Gasteiger partial charge in [-0.15, -0.1) is 0 Å². The maximum atomic E-state index is 11.8. The SMILES string of the molecule is CNC(=O)NC(=O)[C@H](C)Nc1ccc(OC)c(NS(C)(=O)=O)c1. The van der Waals surface area contributed by atoms with Crippen molar-refractivity contribution in [3.63, 3.8) is 0 Å². The molecule has 0 bridgehead atoms. The van der Waals surface area contributed by atoms with E-state index in [0.29, 0.717) is 11.4 Å². The van der Waals surface area contributed by atoms with Crippen molar-refractivity contribution >= 4 is 33.3 Å². The number of anilines is 2. The highest BCUT2D eigenvalue weighted by molar-refractivity contribution is 7.92. The zero-order valence-corrected chi connectivity index (χ0v) is 14.1. The van der Waals surface area contributed by atoms with Gasteiger partial charge in [-0.3, -0.25) is 14.8 Å². The maximum Gasteiger partial charge on any atom is 0.321 e. The van der Waals surface area contributed by atoms with Crippen LogP contribution in [0.5, 0.6) is 5.75 Å². The monoisotopic (exact) mass is 344 g/mol. The highest BCUT2D eigenvalue weighted by Gasteiger charge is 2.16. The first kappa shape index (κ1) is 18.6. The third kappa shape index (κ3) is 6.02. The molecule has 0 aromatic heterocycles. The number of rotatable bonds is 6. The van der Waals surface area contributed by atoms with Gasteiger partial charge in [0.2, 0.25) is 15.9 Å². The van der Waals surface area contributed by atoms with E-state index in [1.807, 2.05) is 0 Å². The van der Waals surface area contributed by atoms with Gasteiger partial charge in [0, 0.05) is 12.7 Å². The smallest absolute Gasteiger partial charge is 0.321 e. The van der Waals surface area contributed by atoms with Crippen molar-refractivity contribution in [3.05, 3.63) is 18.2 Å². The number of hydrogen-bond donors (Lipinski definition) is 4. The number of nitrogens with one attached hydrogen (secondary N) is 4. The lowest BCUT2D eigenvalue weighted by Gasteiger charge is -2.17. The lowest BCUT2D eigenvalue weighted by Crippen LogP contribution is -2.44. The van der Waals surface area contributed by atoms with E-state index in [2.05, 4.69) is 20.7 Å². The van der Waals surface area contributed by atoms with E-state index < -0.39 is 28.0 Å². The van der Waals surface area contributed by atoms with Crippen molar-refractivity contribution in [2.45, 2.75) is 13.0 Å². The Kier molecular flexibility index (Phi) is 6.19. The second kappa shape index (κ2) is 7.68. The largest absolute Gasteiger partial charge is 0.495 e. The van der Waals surface area contributed by atoms with E-state index in [9.17, 15) is 18.0 Å². The first-order valence-corrected chi connectivity index (χ1v) is 8.50. The van der Waals surface area contributed by atoms with Gasteiger partial charge in [-0.2, -0.15) is 0 Å². The molecule has 0 aliphatic rings. The molecular formula is C13H20N4O5S. The van der Waals surface area contributed by atoms with Gasteiger partial charge in [-0.05, 0) is 25.1 Å². The predicted molar refractivity (Wildman–Crippen MR) is 87.1 cm³/mol. The molecule has 3 amide bonds. The third-order valence-electron chi connectivity index (χ3n) is 2.74. The molecule has 0 radical (unpaired) electrons. The van der Waals surface area contributed by atoms with Crippen molar-refractivity contribution in [1.29, 1.82) is 0 Å². The quantitative estimate of drug-likeness (QED) is 0.589. The Morgan fingerprint density at radius 3 is 2.43 bits per heavy atom. The fourth-order valence-electron chi connectivity index (χ4n) is 1.68. The Bertz CT molecular complexity index is 690. The highest BCUT2D eigenvalue weighted by Crippen LogP contribution is 2.28. The fourth-order valence-corrected chi connectivity index (χ4v) is 2.23. The van der Waals surface area contributed by atoms with Crippen molar-refractivity contribution in [2.24, 2.45) is 0 Å². The molecule has 0 saturated heterocycles. The first-order chi connectivity index (χ1) is 10.7. The van der Waals surface area contributed by atoms with Gasteiger partial charge < -0.3 is 15.4 Å². The number of hydrogen-bond acceptors (Lipinski definition) is 6. The zero-order chi connectivity index (χ0) is 17.6. The third-order valence-corrected chi connectivity index (χ3v) is 3.33. The molecule has 9 nitrogen and oxygen atoms in total. The summed E-state index contributed by atoms with van der Waals surface area (Å²) in [6, 6.07) is 3.34. The number of carbonyl (C=O) groups excluding carboxylic acids is 2. The summed E-state index contributed by atoms with van der Waals surface area (Å²) in [4.78, 5) is 22.9. The van der Waals surface area contributed by atoms with E-state index in [1.54, 1.807) is 19.1 Å². The van der Waals surface area contributed by atoms with Crippen LogP contribution in [0.1, 0.15) is 6.92 Å². The Morgan fingerprint density at radius 2 is 1.91 bits per heavy atom. The van der Waals surface area contributed by atoms with E-state index >= 15 is 0 Å². The van der Waals surface area contributed by atoms with Crippen molar-refractivity contribution in [3.8, 4) is 5.75 Å². The van der Waals surface area contributed by atoms with Gasteiger partial charge in [0.15, 0.2) is 0 Å². The van der Waals surface area contributed by atoms with Gasteiger partial charge in [0.1, 0.15) is 11.8 Å². The van der Waals surface area contributed by atoms with Crippen LogP contribution in [0.25, 0.3) is 0 Å². The summed E-state index contributed by atoms with van der Waals surface area (Å²) in [6.45, 7) is 1.56. The van der Waals surface area contributed by atoms with Crippen LogP contribution in [0.4, 0.5) is 16.2 Å². The van der Waals surface area contributed by atoms with Crippen LogP contribution < -0.4 is 25.4 Å². The molecule has 1 aromatic carbocycles. The molecule has 1 rings (SSSR count). The van der Waals surface area contributed by atoms with E-state index in [4.69, 9.17) is 4.74 Å². The summed E-state index contributed by atoms with van der Waals surface area (Å²) in [5.74, 6) is -0.193. The van der Waals surface area contributed by atoms with Crippen LogP contribution in [-0.4, -0.2) is 46.8 Å². The topological polar surface area (TPSA) is 126 Å². The normalized spacial score (nSPS) is 12.0. The highest BCUT2D eigenvalue weighted by atomic mass is 32.2. The summed E-state index contributed by atoms with van der Waals surface area (Å²) in [5.41, 5.74) is 0.718. The Morgan fingerprint density at radius 1 is 1.26 bits per heavy atom. The minimum absolute atomic E-state index is 0.235. The van der Waals surface area contributed by atoms with Crippen LogP contribution >= 0.6 is 0 Å². The van der Waals surface area contributed by atoms with E-state index in [0.717, 1.165) is 6.26 Å². The van der Waals surface area contributed by atoms with Crippen LogP contribution in [0, 0.1) is 0 Å². The predicted octanol–water partition coefficient (Wildman–Crippen LogP) is 0.323. The first-order valence-electron chi connectivity index (χ1n) is 6.61. The summed E-state index contributed by atoms with van der Waals surface area (Å²) in [6.07, 6.45) is 1.02. The van der Waals surface area contributed by atoms with Crippen molar-refractivity contribution in [1.82, 2.24) is 10.6 Å². The van der Waals surface area contributed by atoms with Gasteiger partial charge in [0.25, 0.3) is 0 Å². The molecule has 0 heterocycles. The number of urea groups is 1. The molecule has 128 valence electrons. The Balaban J connectivity index is 2.90. The zero-order valence-electron chi connectivity index (χ0n) is 13.3. The second-order valence-electron chi connectivity index (χ2n) is 4.72. The van der Waals surface area contributed by atoms with Gasteiger partial charge in [-0.25, -0.2) is 13.2 Å². The standard InChI is InChI=1S/C13H20N4O5S/c1-8(12(18)16-13(19)14-2)15-9-5-6-11(22-3)10(7-9)17-23(4,20)21/h5-8,15,17H,1-4H3,(H2,14,16,18,19)/t8-/m0/s1. The minimum atomic E-state index is -3.48. The van der Waals surface area contributed by atoms with Crippen LogP contribution in [-0.2, 0) is 14.8 Å². The van der Waals surface area contributed by atoms with Crippen LogP contribution in [0.3, 0.4) is 0 Å². The molecule has 0 aliphatic heterocycles. The number of benzene rings is 1. The van der Waals surface area contributed by atoms with Gasteiger partial charge in [-0.1, -0.05) is 0 Å². The lowest BCUT2D eigenvalue weighted by molar-refractivity contribution is -0.120. The molecule has 10 heteroatoms. The molecule has 0 saturated carbocycles. The molecule has 0 unspecified atom stereocenters.